The van der Waals surface area contributed by atoms with Crippen LogP contribution in [0.25, 0.3) is 0 Å². The van der Waals surface area contributed by atoms with Crippen LogP contribution in [0.4, 0.5) is 0 Å². The Balaban J connectivity index is 0.00000363. The molecule has 2 unspecified atom stereocenters. The fourth-order valence-corrected chi connectivity index (χ4v) is 4.23. The average molecular weight is 575 g/mol. The van der Waals surface area contributed by atoms with Crippen molar-refractivity contribution in [3.05, 3.63) is 46.6 Å². The van der Waals surface area contributed by atoms with Crippen LogP contribution in [0.3, 0.4) is 0 Å². The summed E-state index contributed by atoms with van der Waals surface area (Å²) >= 11 is 6.27. The first-order valence-electron chi connectivity index (χ1n) is 11.1. The fraction of sp³-hybridized carbons (Fsp3) is 0.609. The van der Waals surface area contributed by atoms with Gasteiger partial charge in [0.25, 0.3) is 0 Å². The zero-order valence-corrected chi connectivity index (χ0v) is 22.8. The quantitative estimate of drug-likeness (QED) is 0.294. The second kappa shape index (κ2) is 12.2. The summed E-state index contributed by atoms with van der Waals surface area (Å²) in [5, 5.41) is 11.7. The highest BCUT2D eigenvalue weighted by atomic mass is 127. The molecule has 1 aliphatic rings. The molecule has 0 spiro atoms. The van der Waals surface area contributed by atoms with Crippen LogP contribution in [-0.2, 0) is 12.0 Å². The van der Waals surface area contributed by atoms with E-state index in [0.29, 0.717) is 30.2 Å². The van der Waals surface area contributed by atoms with Crippen molar-refractivity contribution in [2.24, 2.45) is 10.9 Å². The number of aromatic nitrogens is 2. The largest absolute Gasteiger partial charge is 0.357 e. The number of aliphatic imine (C=N–C) groups is 1. The Morgan fingerprint density at radius 3 is 2.75 bits per heavy atom. The van der Waals surface area contributed by atoms with Gasteiger partial charge in [-0.1, -0.05) is 49.7 Å². The average Bonchev–Trinajstić information content (AvgIpc) is 3.20. The van der Waals surface area contributed by atoms with Crippen molar-refractivity contribution in [2.45, 2.75) is 58.5 Å². The molecule has 1 saturated heterocycles. The van der Waals surface area contributed by atoms with E-state index < -0.39 is 0 Å². The molecule has 2 heterocycles. The molecule has 32 heavy (non-hydrogen) atoms. The maximum absolute atomic E-state index is 6.27. The summed E-state index contributed by atoms with van der Waals surface area (Å²) in [4.78, 5) is 11.6. The van der Waals surface area contributed by atoms with Gasteiger partial charge in [0.2, 0.25) is 5.89 Å². The van der Waals surface area contributed by atoms with Gasteiger partial charge in [0.15, 0.2) is 11.8 Å². The minimum absolute atomic E-state index is 0. The lowest BCUT2D eigenvalue weighted by molar-refractivity contribution is 0.122. The van der Waals surface area contributed by atoms with Crippen LogP contribution in [0, 0.1) is 5.92 Å². The standard InChI is InChI=1S/C23H35ClN6O.HI/c1-6-25-22(27-15-19-28-21(31-29-19)23(2,3)4)26-14-17-10-8-12-30(5)20(17)16-9-7-11-18(24)13-16;/h7,9,11,13,17,20H,6,8,10,12,14-15H2,1-5H3,(H2,25,26,27);1H. The van der Waals surface area contributed by atoms with E-state index in [4.69, 9.17) is 16.1 Å². The number of nitrogens with zero attached hydrogens (tertiary/aromatic N) is 4. The molecule has 0 aliphatic carbocycles. The number of halogens is 2. The number of rotatable bonds is 6. The third kappa shape index (κ3) is 7.31. The van der Waals surface area contributed by atoms with Gasteiger partial charge in [0, 0.05) is 29.6 Å². The lowest BCUT2D eigenvalue weighted by Gasteiger charge is -2.40. The van der Waals surface area contributed by atoms with Gasteiger partial charge >= 0.3 is 0 Å². The SMILES string of the molecule is CCNC(=NCc1noc(C(C)(C)C)n1)NCC1CCCN(C)C1c1cccc(Cl)c1.I. The summed E-state index contributed by atoms with van der Waals surface area (Å²) in [5.41, 5.74) is 1.10. The van der Waals surface area contributed by atoms with E-state index in [2.05, 4.69) is 77.5 Å². The zero-order valence-electron chi connectivity index (χ0n) is 19.7. The first-order valence-corrected chi connectivity index (χ1v) is 11.5. The molecule has 2 aromatic rings. The number of benzene rings is 1. The van der Waals surface area contributed by atoms with E-state index in [1.165, 1.54) is 12.0 Å². The molecule has 3 rings (SSSR count). The molecule has 178 valence electrons. The van der Waals surface area contributed by atoms with Crippen molar-refractivity contribution in [1.29, 1.82) is 0 Å². The fourth-order valence-electron chi connectivity index (χ4n) is 4.03. The lowest BCUT2D eigenvalue weighted by atomic mass is 9.85. The Morgan fingerprint density at radius 2 is 2.09 bits per heavy atom. The molecular weight excluding hydrogens is 539 g/mol. The maximum Gasteiger partial charge on any atom is 0.232 e. The van der Waals surface area contributed by atoms with E-state index in [1.54, 1.807) is 0 Å². The first-order chi connectivity index (χ1) is 14.8. The molecule has 7 nitrogen and oxygen atoms in total. The molecule has 1 aromatic carbocycles. The third-order valence-electron chi connectivity index (χ3n) is 5.56. The highest BCUT2D eigenvalue weighted by Gasteiger charge is 2.30. The monoisotopic (exact) mass is 574 g/mol. The van der Waals surface area contributed by atoms with Crippen molar-refractivity contribution in [2.75, 3.05) is 26.7 Å². The molecule has 0 bridgehead atoms. The summed E-state index contributed by atoms with van der Waals surface area (Å²) in [6.07, 6.45) is 2.35. The van der Waals surface area contributed by atoms with Crippen molar-refractivity contribution in [3.8, 4) is 0 Å². The van der Waals surface area contributed by atoms with Crippen LogP contribution in [0.2, 0.25) is 5.02 Å². The Kier molecular flexibility index (Phi) is 10.2. The Bertz CT molecular complexity index is 881. The number of hydrogen-bond acceptors (Lipinski definition) is 5. The Hall–Kier alpha value is -1.39. The van der Waals surface area contributed by atoms with Crippen molar-refractivity contribution in [3.63, 3.8) is 0 Å². The van der Waals surface area contributed by atoms with E-state index in [0.717, 1.165) is 37.0 Å². The van der Waals surface area contributed by atoms with E-state index in [1.807, 2.05) is 12.1 Å². The molecule has 1 fully saturated rings. The predicted octanol–water partition coefficient (Wildman–Crippen LogP) is 4.78. The zero-order chi connectivity index (χ0) is 22.4. The summed E-state index contributed by atoms with van der Waals surface area (Å²) in [7, 11) is 2.19. The summed E-state index contributed by atoms with van der Waals surface area (Å²) in [5.74, 6) is 2.45. The molecule has 0 saturated carbocycles. The predicted molar refractivity (Wildman–Crippen MR) is 141 cm³/mol. The molecule has 0 amide bonds. The maximum atomic E-state index is 6.27. The second-order valence-corrected chi connectivity index (χ2v) is 9.66. The van der Waals surface area contributed by atoms with Crippen LogP contribution < -0.4 is 10.6 Å². The van der Waals surface area contributed by atoms with Crippen LogP contribution in [0.5, 0.6) is 0 Å². The Labute approximate surface area is 213 Å². The first kappa shape index (κ1) is 26.9. The molecule has 0 radical (unpaired) electrons. The molecule has 9 heteroatoms. The van der Waals surface area contributed by atoms with Gasteiger partial charge in [0.05, 0.1) is 0 Å². The number of nitrogens with one attached hydrogen (secondary N) is 2. The summed E-state index contributed by atoms with van der Waals surface area (Å²) in [6, 6.07) is 8.55. The van der Waals surface area contributed by atoms with Gasteiger partial charge in [-0.05, 0) is 57.0 Å². The second-order valence-electron chi connectivity index (χ2n) is 9.22. The van der Waals surface area contributed by atoms with Crippen LogP contribution >= 0.6 is 35.6 Å². The minimum Gasteiger partial charge on any atom is -0.357 e. The van der Waals surface area contributed by atoms with Crippen molar-refractivity contribution < 1.29 is 4.52 Å². The van der Waals surface area contributed by atoms with Gasteiger partial charge in [-0.15, -0.1) is 24.0 Å². The van der Waals surface area contributed by atoms with Gasteiger partial charge in [-0.25, -0.2) is 4.99 Å². The molecule has 2 atom stereocenters. The molecular formula is C23H36ClIN6O. The highest BCUT2D eigenvalue weighted by Crippen LogP contribution is 2.35. The molecule has 2 N–H and O–H groups in total. The van der Waals surface area contributed by atoms with Crippen molar-refractivity contribution >= 4 is 41.5 Å². The number of guanidine groups is 1. The van der Waals surface area contributed by atoms with Gasteiger partial charge < -0.3 is 15.2 Å². The number of hydrogen-bond donors (Lipinski definition) is 2. The molecule has 1 aromatic heterocycles. The van der Waals surface area contributed by atoms with Crippen LogP contribution in [-0.4, -0.2) is 47.7 Å². The van der Waals surface area contributed by atoms with Crippen LogP contribution in [0.1, 0.15) is 63.9 Å². The lowest BCUT2D eigenvalue weighted by Crippen LogP contribution is -2.45. The van der Waals surface area contributed by atoms with Gasteiger partial charge in [-0.3, -0.25) is 4.90 Å². The summed E-state index contributed by atoms with van der Waals surface area (Å²) < 4.78 is 5.37. The third-order valence-corrected chi connectivity index (χ3v) is 5.80. The topological polar surface area (TPSA) is 78.6 Å². The van der Waals surface area contributed by atoms with Gasteiger partial charge in [0.1, 0.15) is 6.54 Å². The molecule has 1 aliphatic heterocycles. The van der Waals surface area contributed by atoms with Crippen LogP contribution in [0.15, 0.2) is 33.8 Å². The van der Waals surface area contributed by atoms with E-state index in [-0.39, 0.29) is 29.4 Å². The minimum atomic E-state index is -0.167. The smallest absolute Gasteiger partial charge is 0.232 e. The Morgan fingerprint density at radius 1 is 1.31 bits per heavy atom. The number of likely N-dealkylation sites (tertiary alicyclic amines) is 1. The van der Waals surface area contributed by atoms with E-state index in [9.17, 15) is 0 Å². The summed E-state index contributed by atoms with van der Waals surface area (Å²) in [6.45, 7) is 11.3. The normalized spacial score (nSPS) is 20.0. The van der Waals surface area contributed by atoms with Gasteiger partial charge in [-0.2, -0.15) is 4.98 Å². The van der Waals surface area contributed by atoms with E-state index >= 15 is 0 Å². The highest BCUT2D eigenvalue weighted by molar-refractivity contribution is 14.0. The van der Waals surface area contributed by atoms with Crippen molar-refractivity contribution in [1.82, 2.24) is 25.7 Å². The number of piperidine rings is 1.